The van der Waals surface area contributed by atoms with Gasteiger partial charge in [0, 0.05) is 10.5 Å². The zero-order valence-electron chi connectivity index (χ0n) is 11.6. The second kappa shape index (κ2) is 6.41. The lowest BCUT2D eigenvalue weighted by Gasteiger charge is -2.46. The molecule has 1 heterocycles. The quantitative estimate of drug-likeness (QED) is 0.823. The Labute approximate surface area is 131 Å². The molecule has 0 aliphatic carbocycles. The highest BCUT2D eigenvalue weighted by molar-refractivity contribution is 9.10. The summed E-state index contributed by atoms with van der Waals surface area (Å²) in [5, 5.41) is 8.58. The lowest BCUT2D eigenvalue weighted by atomic mass is 9.96. The van der Waals surface area contributed by atoms with E-state index in [4.69, 9.17) is 9.84 Å². The SMILES string of the molecule is CC1(OCC(=O)O)CN(C(=O)/C=C/c2cccc(Br)c2)C1. The number of nitrogens with zero attached hydrogens (tertiary/aromatic N) is 1. The summed E-state index contributed by atoms with van der Waals surface area (Å²) in [5.41, 5.74) is 0.376. The summed E-state index contributed by atoms with van der Waals surface area (Å²) in [7, 11) is 0. The van der Waals surface area contributed by atoms with Crippen LogP contribution in [0.4, 0.5) is 0 Å². The molecule has 1 saturated heterocycles. The van der Waals surface area contributed by atoms with Crippen LogP contribution in [0.3, 0.4) is 0 Å². The Balaban J connectivity index is 1.85. The second-order valence-electron chi connectivity index (χ2n) is 5.21. The van der Waals surface area contributed by atoms with Gasteiger partial charge in [0.25, 0.3) is 0 Å². The van der Waals surface area contributed by atoms with E-state index in [0.29, 0.717) is 13.1 Å². The topological polar surface area (TPSA) is 66.8 Å². The summed E-state index contributed by atoms with van der Waals surface area (Å²) in [5.74, 6) is -1.11. The molecule has 5 nitrogen and oxygen atoms in total. The fourth-order valence-corrected chi connectivity index (χ4v) is 2.54. The summed E-state index contributed by atoms with van der Waals surface area (Å²) in [6.45, 7) is 2.27. The van der Waals surface area contributed by atoms with Crippen LogP contribution in [0.2, 0.25) is 0 Å². The number of halogens is 1. The molecule has 112 valence electrons. The summed E-state index contributed by atoms with van der Waals surface area (Å²) < 4.78 is 6.22. The number of benzene rings is 1. The van der Waals surface area contributed by atoms with Crippen LogP contribution in [0.25, 0.3) is 6.08 Å². The molecular formula is C15H16BrNO4. The maximum atomic E-state index is 12.0. The van der Waals surface area contributed by atoms with E-state index >= 15 is 0 Å². The van der Waals surface area contributed by atoms with E-state index < -0.39 is 11.6 Å². The Bertz CT molecular complexity index is 579. The van der Waals surface area contributed by atoms with Crippen LogP contribution < -0.4 is 0 Å². The molecule has 1 N–H and O–H groups in total. The molecule has 0 spiro atoms. The molecule has 1 amide bonds. The fraction of sp³-hybridized carbons (Fsp3) is 0.333. The lowest BCUT2D eigenvalue weighted by molar-refractivity contribution is -0.170. The minimum Gasteiger partial charge on any atom is -0.480 e. The van der Waals surface area contributed by atoms with Crippen LogP contribution in [-0.4, -0.2) is 47.2 Å². The highest BCUT2D eigenvalue weighted by Gasteiger charge is 2.42. The zero-order chi connectivity index (χ0) is 15.5. The predicted molar refractivity (Wildman–Crippen MR) is 81.7 cm³/mol. The van der Waals surface area contributed by atoms with Gasteiger partial charge < -0.3 is 14.7 Å². The highest BCUT2D eigenvalue weighted by atomic mass is 79.9. The van der Waals surface area contributed by atoms with E-state index in [1.807, 2.05) is 24.3 Å². The zero-order valence-corrected chi connectivity index (χ0v) is 13.2. The van der Waals surface area contributed by atoms with Gasteiger partial charge in [0.05, 0.1) is 13.1 Å². The van der Waals surface area contributed by atoms with Crippen LogP contribution in [0, 0.1) is 0 Å². The van der Waals surface area contributed by atoms with Crippen molar-refractivity contribution < 1.29 is 19.4 Å². The van der Waals surface area contributed by atoms with Gasteiger partial charge in [-0.25, -0.2) is 4.79 Å². The highest BCUT2D eigenvalue weighted by Crippen LogP contribution is 2.25. The number of carboxylic acid groups (broad SMARTS) is 1. The second-order valence-corrected chi connectivity index (χ2v) is 6.13. The van der Waals surface area contributed by atoms with Crippen LogP contribution in [0.5, 0.6) is 0 Å². The Kier molecular flexibility index (Phi) is 4.80. The lowest BCUT2D eigenvalue weighted by Crippen LogP contribution is -2.63. The Morgan fingerprint density at radius 3 is 2.81 bits per heavy atom. The molecule has 1 aliphatic heterocycles. The number of amides is 1. The van der Waals surface area contributed by atoms with Crippen LogP contribution in [-0.2, 0) is 14.3 Å². The van der Waals surface area contributed by atoms with Crippen molar-refractivity contribution >= 4 is 33.9 Å². The van der Waals surface area contributed by atoms with Crippen molar-refractivity contribution in [3.05, 3.63) is 40.4 Å². The average molecular weight is 354 g/mol. The normalized spacial score (nSPS) is 16.8. The van der Waals surface area contributed by atoms with Gasteiger partial charge in [-0.05, 0) is 30.7 Å². The maximum Gasteiger partial charge on any atom is 0.329 e. The number of likely N-dealkylation sites (tertiary alicyclic amines) is 1. The van der Waals surface area contributed by atoms with Crippen LogP contribution in [0.15, 0.2) is 34.8 Å². The molecule has 0 atom stereocenters. The third-order valence-electron chi connectivity index (χ3n) is 3.17. The molecule has 1 aromatic rings. The number of hydrogen-bond acceptors (Lipinski definition) is 3. The van der Waals surface area contributed by atoms with E-state index in [-0.39, 0.29) is 12.5 Å². The number of carbonyl (C=O) groups is 2. The van der Waals surface area contributed by atoms with Crippen LogP contribution in [0.1, 0.15) is 12.5 Å². The molecular weight excluding hydrogens is 338 g/mol. The number of hydrogen-bond donors (Lipinski definition) is 1. The van der Waals surface area contributed by atoms with Crippen molar-refractivity contribution in [2.45, 2.75) is 12.5 Å². The fourth-order valence-electron chi connectivity index (χ4n) is 2.13. The largest absolute Gasteiger partial charge is 0.480 e. The summed E-state index contributed by atoms with van der Waals surface area (Å²) in [6, 6.07) is 7.64. The molecule has 2 rings (SSSR count). The first-order valence-electron chi connectivity index (χ1n) is 6.46. The van der Waals surface area contributed by atoms with Gasteiger partial charge in [0.2, 0.25) is 5.91 Å². The van der Waals surface area contributed by atoms with Crippen molar-refractivity contribution in [3.8, 4) is 0 Å². The van der Waals surface area contributed by atoms with Gasteiger partial charge in [-0.15, -0.1) is 0 Å². The van der Waals surface area contributed by atoms with Crippen molar-refractivity contribution in [1.82, 2.24) is 4.90 Å². The van der Waals surface area contributed by atoms with Gasteiger partial charge in [-0.2, -0.15) is 0 Å². The van der Waals surface area contributed by atoms with E-state index in [9.17, 15) is 9.59 Å². The molecule has 0 unspecified atom stereocenters. The third kappa shape index (κ3) is 4.41. The third-order valence-corrected chi connectivity index (χ3v) is 3.67. The number of ether oxygens (including phenoxy) is 1. The molecule has 0 radical (unpaired) electrons. The van der Waals surface area contributed by atoms with Crippen molar-refractivity contribution in [1.29, 1.82) is 0 Å². The molecule has 0 bridgehead atoms. The first-order valence-corrected chi connectivity index (χ1v) is 7.26. The van der Waals surface area contributed by atoms with Crippen molar-refractivity contribution in [3.63, 3.8) is 0 Å². The van der Waals surface area contributed by atoms with E-state index in [1.54, 1.807) is 17.9 Å². The number of carbonyl (C=O) groups excluding carboxylic acids is 1. The standard InChI is InChI=1S/C15H16BrNO4/c1-15(21-8-14(19)20)9-17(10-15)13(18)6-5-11-3-2-4-12(16)7-11/h2-7H,8-10H2,1H3,(H,19,20)/b6-5+. The smallest absolute Gasteiger partial charge is 0.329 e. The van der Waals surface area contributed by atoms with Gasteiger partial charge in [0.1, 0.15) is 12.2 Å². The molecule has 1 aromatic carbocycles. The van der Waals surface area contributed by atoms with Gasteiger partial charge in [-0.1, -0.05) is 28.1 Å². The van der Waals surface area contributed by atoms with Gasteiger partial charge in [0.15, 0.2) is 0 Å². The Morgan fingerprint density at radius 2 is 2.19 bits per heavy atom. The minimum absolute atomic E-state index is 0.105. The first kappa shape index (κ1) is 15.7. The average Bonchev–Trinajstić information content (AvgIpc) is 2.39. The summed E-state index contributed by atoms with van der Waals surface area (Å²) in [4.78, 5) is 24.1. The molecule has 0 saturated carbocycles. The number of aliphatic carboxylic acids is 1. The van der Waals surface area contributed by atoms with E-state index in [1.165, 1.54) is 6.08 Å². The summed E-state index contributed by atoms with van der Waals surface area (Å²) >= 11 is 3.37. The maximum absolute atomic E-state index is 12.0. The minimum atomic E-state index is -1.00. The van der Waals surface area contributed by atoms with Gasteiger partial charge >= 0.3 is 5.97 Å². The molecule has 0 aromatic heterocycles. The Hall–Kier alpha value is -1.66. The van der Waals surface area contributed by atoms with E-state index in [2.05, 4.69) is 15.9 Å². The molecule has 6 heteroatoms. The Morgan fingerprint density at radius 1 is 1.48 bits per heavy atom. The molecule has 21 heavy (non-hydrogen) atoms. The summed E-state index contributed by atoms with van der Waals surface area (Å²) in [6.07, 6.45) is 3.26. The number of carboxylic acids is 1. The predicted octanol–water partition coefficient (Wildman–Crippen LogP) is 2.16. The van der Waals surface area contributed by atoms with Gasteiger partial charge in [-0.3, -0.25) is 4.79 Å². The molecule has 1 fully saturated rings. The van der Waals surface area contributed by atoms with Crippen LogP contribution >= 0.6 is 15.9 Å². The number of rotatable bonds is 5. The van der Waals surface area contributed by atoms with Crippen molar-refractivity contribution in [2.75, 3.05) is 19.7 Å². The van der Waals surface area contributed by atoms with E-state index in [0.717, 1.165) is 10.0 Å². The monoisotopic (exact) mass is 353 g/mol. The van der Waals surface area contributed by atoms with Crippen molar-refractivity contribution in [2.24, 2.45) is 0 Å². The first-order chi connectivity index (χ1) is 9.88. The molecule has 1 aliphatic rings.